The Balaban J connectivity index is 0.00000108. The van der Waals surface area contributed by atoms with Crippen molar-refractivity contribution < 1.29 is 9.13 Å². The Labute approximate surface area is 107 Å². The zero-order chi connectivity index (χ0) is 11.0. The van der Waals surface area contributed by atoms with E-state index in [9.17, 15) is 4.39 Å². The van der Waals surface area contributed by atoms with Gasteiger partial charge >= 0.3 is 0 Å². The van der Waals surface area contributed by atoms with Gasteiger partial charge in [-0.25, -0.2) is 4.39 Å². The summed E-state index contributed by atoms with van der Waals surface area (Å²) in [4.78, 5) is 0. The molecule has 0 unspecified atom stereocenters. The Bertz CT molecular complexity index is 404. The zero-order valence-electron chi connectivity index (χ0n) is 9.67. The van der Waals surface area contributed by atoms with Crippen LogP contribution in [0.4, 0.5) is 4.39 Å². The van der Waals surface area contributed by atoms with Crippen molar-refractivity contribution in [1.29, 1.82) is 0 Å². The highest BCUT2D eigenvalue weighted by molar-refractivity contribution is 5.85. The highest BCUT2D eigenvalue weighted by atomic mass is 35.5. The molecule has 2 heterocycles. The molecule has 4 heteroatoms. The van der Waals surface area contributed by atoms with Crippen molar-refractivity contribution in [3.8, 4) is 5.75 Å². The fraction of sp³-hybridized carbons (Fsp3) is 0.538. The number of nitrogens with one attached hydrogen (secondary N) is 1. The van der Waals surface area contributed by atoms with Crippen LogP contribution < -0.4 is 10.1 Å². The van der Waals surface area contributed by atoms with Gasteiger partial charge in [0, 0.05) is 11.5 Å². The Morgan fingerprint density at radius 2 is 2.00 bits per heavy atom. The monoisotopic (exact) mass is 257 g/mol. The van der Waals surface area contributed by atoms with Crippen LogP contribution >= 0.6 is 12.4 Å². The molecule has 0 atom stereocenters. The predicted octanol–water partition coefficient (Wildman–Crippen LogP) is 2.55. The number of benzene rings is 1. The average Bonchev–Trinajstić information content (AvgIpc) is 2.31. The second-order valence-electron chi connectivity index (χ2n) is 4.97. The Morgan fingerprint density at radius 3 is 2.76 bits per heavy atom. The van der Waals surface area contributed by atoms with Crippen molar-refractivity contribution in [3.05, 3.63) is 29.6 Å². The molecule has 1 N–H and O–H groups in total. The van der Waals surface area contributed by atoms with Crippen molar-refractivity contribution >= 4 is 12.4 Å². The van der Waals surface area contributed by atoms with Crippen LogP contribution in [0.2, 0.25) is 0 Å². The molecule has 3 rings (SSSR count). The second kappa shape index (κ2) is 4.83. The quantitative estimate of drug-likeness (QED) is 0.771. The lowest BCUT2D eigenvalue weighted by Gasteiger charge is -2.41. The molecule has 1 aromatic rings. The van der Waals surface area contributed by atoms with E-state index in [0.717, 1.165) is 50.3 Å². The number of fused-ring (bicyclic) bond motifs is 1. The third-order valence-electron chi connectivity index (χ3n) is 3.79. The van der Waals surface area contributed by atoms with Crippen LogP contribution in [0.1, 0.15) is 18.4 Å². The van der Waals surface area contributed by atoms with Crippen LogP contribution in [-0.4, -0.2) is 19.7 Å². The van der Waals surface area contributed by atoms with Crippen LogP contribution in [0, 0.1) is 11.2 Å². The SMILES string of the molecule is Cl.Fc1ccc2c(c1)OCC1(CCNCC1)C2. The van der Waals surface area contributed by atoms with E-state index in [1.54, 1.807) is 0 Å². The maximum absolute atomic E-state index is 13.0. The second-order valence-corrected chi connectivity index (χ2v) is 4.97. The summed E-state index contributed by atoms with van der Waals surface area (Å²) in [6, 6.07) is 4.90. The van der Waals surface area contributed by atoms with Gasteiger partial charge in [-0.1, -0.05) is 6.07 Å². The first kappa shape index (κ1) is 12.7. The van der Waals surface area contributed by atoms with Crippen molar-refractivity contribution in [2.24, 2.45) is 5.41 Å². The number of rotatable bonds is 0. The fourth-order valence-electron chi connectivity index (χ4n) is 2.77. The Kier molecular flexibility index (Phi) is 3.59. The van der Waals surface area contributed by atoms with Crippen molar-refractivity contribution in [2.45, 2.75) is 19.3 Å². The smallest absolute Gasteiger partial charge is 0.126 e. The molecule has 1 fully saturated rings. The molecule has 1 spiro atoms. The van der Waals surface area contributed by atoms with E-state index in [1.807, 2.05) is 6.07 Å². The standard InChI is InChI=1S/C13H16FNO.ClH/c14-11-2-1-10-8-13(3-5-15-6-4-13)9-16-12(10)7-11;/h1-2,7,15H,3-6,8-9H2;1H. The number of piperidine rings is 1. The molecule has 0 amide bonds. The third-order valence-corrected chi connectivity index (χ3v) is 3.79. The van der Waals surface area contributed by atoms with Crippen LogP contribution in [-0.2, 0) is 6.42 Å². The number of hydrogen-bond acceptors (Lipinski definition) is 2. The van der Waals surface area contributed by atoms with Gasteiger partial charge in [-0.2, -0.15) is 0 Å². The van der Waals surface area contributed by atoms with Gasteiger partial charge in [-0.3, -0.25) is 0 Å². The van der Waals surface area contributed by atoms with Gasteiger partial charge in [-0.05, 0) is 44.0 Å². The van der Waals surface area contributed by atoms with Crippen molar-refractivity contribution in [1.82, 2.24) is 5.32 Å². The van der Waals surface area contributed by atoms with Crippen molar-refractivity contribution in [3.63, 3.8) is 0 Å². The first-order valence-corrected chi connectivity index (χ1v) is 5.89. The number of ether oxygens (including phenoxy) is 1. The number of halogens is 2. The Hall–Kier alpha value is -0.800. The minimum Gasteiger partial charge on any atom is -0.493 e. The van der Waals surface area contributed by atoms with Crippen LogP contribution in [0.5, 0.6) is 5.75 Å². The lowest BCUT2D eigenvalue weighted by atomic mass is 9.73. The van der Waals surface area contributed by atoms with Gasteiger partial charge in [-0.15, -0.1) is 12.4 Å². The minimum atomic E-state index is -0.208. The summed E-state index contributed by atoms with van der Waals surface area (Å²) in [7, 11) is 0. The molecule has 0 saturated carbocycles. The normalized spacial score (nSPS) is 21.2. The highest BCUT2D eigenvalue weighted by Crippen LogP contribution is 2.40. The molecular weight excluding hydrogens is 241 g/mol. The van der Waals surface area contributed by atoms with E-state index in [4.69, 9.17) is 4.74 Å². The molecular formula is C13H17ClFNO. The van der Waals surface area contributed by atoms with Gasteiger partial charge in [0.1, 0.15) is 11.6 Å². The summed E-state index contributed by atoms with van der Waals surface area (Å²) in [5.41, 5.74) is 1.45. The number of hydrogen-bond donors (Lipinski definition) is 1. The van der Waals surface area contributed by atoms with Crippen LogP contribution in [0.15, 0.2) is 18.2 Å². The third kappa shape index (κ3) is 2.40. The van der Waals surface area contributed by atoms with Crippen LogP contribution in [0.25, 0.3) is 0 Å². The predicted molar refractivity (Wildman–Crippen MR) is 67.4 cm³/mol. The van der Waals surface area contributed by atoms with Gasteiger partial charge < -0.3 is 10.1 Å². The highest BCUT2D eigenvalue weighted by Gasteiger charge is 2.36. The van der Waals surface area contributed by atoms with E-state index < -0.39 is 0 Å². The fourth-order valence-corrected chi connectivity index (χ4v) is 2.77. The van der Waals surface area contributed by atoms with E-state index in [-0.39, 0.29) is 23.6 Å². The van der Waals surface area contributed by atoms with E-state index >= 15 is 0 Å². The molecule has 17 heavy (non-hydrogen) atoms. The summed E-state index contributed by atoms with van der Waals surface area (Å²) in [6.07, 6.45) is 3.35. The maximum Gasteiger partial charge on any atom is 0.126 e. The van der Waals surface area contributed by atoms with E-state index in [1.165, 1.54) is 12.1 Å². The summed E-state index contributed by atoms with van der Waals surface area (Å²) in [5, 5.41) is 3.37. The molecule has 0 bridgehead atoms. The van der Waals surface area contributed by atoms with E-state index in [0.29, 0.717) is 0 Å². The van der Waals surface area contributed by atoms with Gasteiger partial charge in [0.05, 0.1) is 6.61 Å². The largest absolute Gasteiger partial charge is 0.493 e. The molecule has 0 radical (unpaired) electrons. The lowest BCUT2D eigenvalue weighted by molar-refractivity contribution is 0.0847. The van der Waals surface area contributed by atoms with E-state index in [2.05, 4.69) is 5.32 Å². The lowest BCUT2D eigenvalue weighted by Crippen LogP contribution is -2.43. The minimum absolute atomic E-state index is 0. The van der Waals surface area contributed by atoms with Gasteiger partial charge in [0.15, 0.2) is 0 Å². The molecule has 94 valence electrons. The first-order valence-electron chi connectivity index (χ1n) is 5.89. The van der Waals surface area contributed by atoms with Crippen LogP contribution in [0.3, 0.4) is 0 Å². The van der Waals surface area contributed by atoms with Gasteiger partial charge in [0.2, 0.25) is 0 Å². The molecule has 0 aromatic heterocycles. The average molecular weight is 258 g/mol. The molecule has 2 aliphatic rings. The summed E-state index contributed by atoms with van der Waals surface area (Å²) >= 11 is 0. The summed E-state index contributed by atoms with van der Waals surface area (Å²) in [5.74, 6) is 0.532. The molecule has 2 nitrogen and oxygen atoms in total. The zero-order valence-corrected chi connectivity index (χ0v) is 10.5. The molecule has 0 aliphatic carbocycles. The van der Waals surface area contributed by atoms with Gasteiger partial charge in [0.25, 0.3) is 0 Å². The maximum atomic E-state index is 13.0. The summed E-state index contributed by atoms with van der Waals surface area (Å²) in [6.45, 7) is 2.88. The molecule has 2 aliphatic heterocycles. The first-order chi connectivity index (χ1) is 7.77. The topological polar surface area (TPSA) is 21.3 Å². The molecule has 1 aromatic carbocycles. The molecule has 1 saturated heterocycles. The Morgan fingerprint density at radius 1 is 1.24 bits per heavy atom. The summed E-state index contributed by atoms with van der Waals surface area (Å²) < 4.78 is 18.8. The van der Waals surface area contributed by atoms with Crippen molar-refractivity contribution in [2.75, 3.05) is 19.7 Å².